The summed E-state index contributed by atoms with van der Waals surface area (Å²) in [6, 6.07) is 7.62. The number of aryl methyl sites for hydroxylation is 1. The van der Waals surface area contributed by atoms with E-state index in [-0.39, 0.29) is 30.0 Å². The number of sulfone groups is 1. The monoisotopic (exact) mass is 611 g/mol. The van der Waals surface area contributed by atoms with E-state index in [0.29, 0.717) is 36.6 Å². The van der Waals surface area contributed by atoms with Crippen molar-refractivity contribution in [1.82, 2.24) is 20.8 Å². The lowest BCUT2D eigenvalue weighted by Gasteiger charge is -2.29. The van der Waals surface area contributed by atoms with Crippen molar-refractivity contribution >= 4 is 15.7 Å². The number of aromatic nitrogens is 2. The van der Waals surface area contributed by atoms with E-state index in [1.807, 2.05) is 0 Å². The van der Waals surface area contributed by atoms with Gasteiger partial charge in [-0.25, -0.2) is 17.2 Å². The predicted octanol–water partition coefficient (Wildman–Crippen LogP) is 5.55. The number of nitrogens with zero attached hydrogens (tertiary/aromatic N) is 1. The van der Waals surface area contributed by atoms with Crippen LogP contribution in [-0.2, 0) is 21.6 Å². The number of halogens is 5. The maximum absolute atomic E-state index is 14.3. The number of amides is 1. The Balaban J connectivity index is 1.65. The lowest BCUT2D eigenvalue weighted by molar-refractivity contribution is -0.137. The van der Waals surface area contributed by atoms with Gasteiger partial charge in [0.2, 0.25) is 0 Å². The zero-order valence-electron chi connectivity index (χ0n) is 23.1. The van der Waals surface area contributed by atoms with Crippen LogP contribution in [-0.4, -0.2) is 42.9 Å². The predicted molar refractivity (Wildman–Crippen MR) is 147 cm³/mol. The number of carbonyl (C=O) groups is 1. The van der Waals surface area contributed by atoms with Crippen LogP contribution in [0.25, 0.3) is 0 Å². The highest BCUT2D eigenvalue weighted by molar-refractivity contribution is 7.91. The second-order valence-electron chi connectivity index (χ2n) is 10.5. The molecule has 1 aromatic heterocycles. The average molecular weight is 612 g/mol. The largest absolute Gasteiger partial charge is 0.416 e. The molecular formula is C29H32F5N4O3S. The Kier molecular flexibility index (Phi) is 9.41. The number of benzene rings is 2. The van der Waals surface area contributed by atoms with Gasteiger partial charge in [-0.3, -0.25) is 9.89 Å². The summed E-state index contributed by atoms with van der Waals surface area (Å²) in [7, 11) is -4.08. The Morgan fingerprint density at radius 1 is 1.12 bits per heavy atom. The van der Waals surface area contributed by atoms with E-state index in [2.05, 4.69) is 20.8 Å². The first kappa shape index (κ1) is 31.6. The third-order valence-corrected chi connectivity index (χ3v) is 9.46. The topological polar surface area (TPSA) is 104 Å². The molecule has 7 nitrogen and oxygen atoms in total. The molecule has 0 aliphatic heterocycles. The molecule has 1 fully saturated rings. The summed E-state index contributed by atoms with van der Waals surface area (Å²) in [5.41, 5.74) is -0.736. The number of hydrogen-bond donors (Lipinski definition) is 3. The first-order valence-corrected chi connectivity index (χ1v) is 15.2. The van der Waals surface area contributed by atoms with E-state index < -0.39 is 55.9 Å². The molecule has 1 radical (unpaired) electrons. The first-order chi connectivity index (χ1) is 19.7. The lowest BCUT2D eigenvalue weighted by Crippen LogP contribution is -2.45. The summed E-state index contributed by atoms with van der Waals surface area (Å²) in [6.07, 6.45) is -1.14. The second kappa shape index (κ2) is 12.5. The van der Waals surface area contributed by atoms with E-state index in [9.17, 15) is 35.2 Å². The van der Waals surface area contributed by atoms with Crippen LogP contribution >= 0.6 is 0 Å². The van der Waals surface area contributed by atoms with Crippen molar-refractivity contribution in [3.8, 4) is 0 Å². The highest BCUT2D eigenvalue weighted by Gasteiger charge is 2.45. The number of H-pyrrole nitrogens is 1. The Morgan fingerprint density at radius 3 is 2.38 bits per heavy atom. The second-order valence-corrected chi connectivity index (χ2v) is 12.8. The van der Waals surface area contributed by atoms with Gasteiger partial charge in [0.25, 0.3) is 5.91 Å². The van der Waals surface area contributed by atoms with Gasteiger partial charge in [0.15, 0.2) is 9.84 Å². The van der Waals surface area contributed by atoms with E-state index in [1.54, 1.807) is 19.9 Å². The van der Waals surface area contributed by atoms with Crippen LogP contribution in [0.2, 0.25) is 0 Å². The van der Waals surface area contributed by atoms with Crippen LogP contribution in [0.15, 0.2) is 48.5 Å². The third-order valence-electron chi connectivity index (χ3n) is 7.26. The minimum absolute atomic E-state index is 0.0270. The Bertz CT molecular complexity index is 1500. The number of alkyl halides is 3. The van der Waals surface area contributed by atoms with Crippen LogP contribution in [0, 0.1) is 25.0 Å². The van der Waals surface area contributed by atoms with Gasteiger partial charge in [0.05, 0.1) is 23.1 Å². The van der Waals surface area contributed by atoms with Crippen molar-refractivity contribution < 1.29 is 35.2 Å². The van der Waals surface area contributed by atoms with Gasteiger partial charge in [-0.05, 0) is 74.1 Å². The maximum atomic E-state index is 14.3. The van der Waals surface area contributed by atoms with Gasteiger partial charge in [-0.1, -0.05) is 25.5 Å². The van der Waals surface area contributed by atoms with Crippen molar-refractivity contribution in [2.45, 2.75) is 62.5 Å². The minimum atomic E-state index is -4.51. The zero-order valence-corrected chi connectivity index (χ0v) is 23.9. The van der Waals surface area contributed by atoms with Gasteiger partial charge in [0.1, 0.15) is 22.6 Å². The quantitative estimate of drug-likeness (QED) is 0.220. The van der Waals surface area contributed by atoms with E-state index in [0.717, 1.165) is 24.3 Å². The molecule has 0 spiro atoms. The van der Waals surface area contributed by atoms with Crippen LogP contribution < -0.4 is 10.6 Å². The smallest absolute Gasteiger partial charge is 0.346 e. The lowest BCUT2D eigenvalue weighted by atomic mass is 9.99. The fourth-order valence-corrected chi connectivity index (χ4v) is 7.06. The number of carbonyl (C=O) groups excluding carboxylic acids is 1. The highest BCUT2D eigenvalue weighted by Crippen LogP contribution is 2.46. The van der Waals surface area contributed by atoms with Crippen LogP contribution in [0.3, 0.4) is 0 Å². The number of hydrogen-bond acceptors (Lipinski definition) is 5. The van der Waals surface area contributed by atoms with Crippen molar-refractivity contribution in [3.63, 3.8) is 0 Å². The molecule has 4 rings (SSSR count). The van der Waals surface area contributed by atoms with Crippen molar-refractivity contribution in [3.05, 3.63) is 94.7 Å². The fourth-order valence-electron chi connectivity index (χ4n) is 4.94. The molecular weight excluding hydrogens is 579 g/mol. The summed E-state index contributed by atoms with van der Waals surface area (Å²) in [5, 5.41) is 10.8. The Morgan fingerprint density at radius 2 is 1.81 bits per heavy atom. The van der Waals surface area contributed by atoms with Gasteiger partial charge in [0, 0.05) is 18.2 Å². The van der Waals surface area contributed by atoms with Gasteiger partial charge in [-0.15, -0.1) is 0 Å². The van der Waals surface area contributed by atoms with E-state index in [1.165, 1.54) is 18.6 Å². The van der Waals surface area contributed by atoms with Gasteiger partial charge in [-0.2, -0.15) is 18.3 Å². The molecule has 13 heteroatoms. The van der Waals surface area contributed by atoms with Gasteiger partial charge >= 0.3 is 6.18 Å². The highest BCUT2D eigenvalue weighted by atomic mass is 32.2. The summed E-state index contributed by atoms with van der Waals surface area (Å²) in [6.45, 7) is 3.42. The van der Waals surface area contributed by atoms with Crippen LogP contribution in [0.1, 0.15) is 70.7 Å². The molecule has 42 heavy (non-hydrogen) atoms. The van der Waals surface area contributed by atoms with Crippen molar-refractivity contribution in [2.24, 2.45) is 0 Å². The molecule has 1 aliphatic carbocycles. The van der Waals surface area contributed by atoms with Crippen molar-refractivity contribution in [1.29, 1.82) is 0 Å². The number of rotatable bonds is 13. The molecule has 3 N–H and O–H groups in total. The molecule has 1 unspecified atom stereocenters. The molecule has 2 aromatic carbocycles. The minimum Gasteiger partial charge on any atom is -0.346 e. The van der Waals surface area contributed by atoms with Crippen LogP contribution in [0.5, 0.6) is 0 Å². The SMILES string of the molecule is CCCCS(=O)(=O)C(c1cc(F)cc(F)c1)[C@H]([CH]CNC1(c2cccc(C(F)(F)F)c2)CC1)NC(=O)c1cc(C)n[nH]1. The number of nitrogens with one attached hydrogen (secondary N) is 3. The van der Waals surface area contributed by atoms with E-state index >= 15 is 0 Å². The van der Waals surface area contributed by atoms with Crippen molar-refractivity contribution in [2.75, 3.05) is 12.3 Å². The summed E-state index contributed by atoms with van der Waals surface area (Å²) in [4.78, 5) is 13.1. The molecule has 3 aromatic rings. The molecule has 1 amide bonds. The first-order valence-electron chi connectivity index (χ1n) is 13.5. The Labute approximate surface area is 241 Å². The molecule has 0 bridgehead atoms. The molecule has 1 heterocycles. The molecule has 227 valence electrons. The molecule has 2 atom stereocenters. The summed E-state index contributed by atoms with van der Waals surface area (Å²) >= 11 is 0. The molecule has 0 saturated heterocycles. The molecule has 1 saturated carbocycles. The van der Waals surface area contributed by atoms with Crippen LogP contribution in [0.4, 0.5) is 22.0 Å². The number of unbranched alkanes of at least 4 members (excludes halogenated alkanes) is 1. The fraction of sp³-hybridized carbons (Fsp3) is 0.414. The molecule has 1 aliphatic rings. The number of aromatic amines is 1. The Hall–Kier alpha value is -3.32. The maximum Gasteiger partial charge on any atom is 0.416 e. The zero-order chi connectivity index (χ0) is 30.7. The third kappa shape index (κ3) is 7.54. The standard InChI is InChI=1S/C29H32F5N4O3S/c1-3-4-12-42(40,41)26(19-14-22(30)17-23(31)15-19)24(36-27(39)25-13-18(2)37-38-25)8-11-35-28(9-10-28)20-6-5-7-21(16-20)29(32,33)34/h5-8,13-17,24,26,35H,3-4,9-12H2,1-2H3,(H,36,39)(H,37,38)/t24-,26?/m0/s1. The summed E-state index contributed by atoms with van der Waals surface area (Å²) in [5.74, 6) is -2.94. The normalized spacial score (nSPS) is 16.2. The van der Waals surface area contributed by atoms with Gasteiger partial charge < -0.3 is 10.6 Å². The van der Waals surface area contributed by atoms with E-state index in [4.69, 9.17) is 0 Å². The average Bonchev–Trinajstić information content (AvgIpc) is 3.57. The summed E-state index contributed by atoms with van der Waals surface area (Å²) < 4.78 is 95.8.